The van der Waals surface area contributed by atoms with Crippen LogP contribution in [-0.2, 0) is 12.6 Å². The summed E-state index contributed by atoms with van der Waals surface area (Å²) < 4.78 is 41.5. The Morgan fingerprint density at radius 2 is 2.00 bits per heavy atom. The zero-order valence-corrected chi connectivity index (χ0v) is 10.7. The molecule has 18 heavy (non-hydrogen) atoms. The van der Waals surface area contributed by atoms with Gasteiger partial charge in [-0.1, -0.05) is 25.9 Å². The molecule has 0 radical (unpaired) electrons. The van der Waals surface area contributed by atoms with E-state index in [1.807, 2.05) is 20.8 Å². The van der Waals surface area contributed by atoms with E-state index >= 15 is 0 Å². The molecule has 0 aliphatic rings. The van der Waals surface area contributed by atoms with Crippen LogP contribution in [0.5, 0.6) is 0 Å². The summed E-state index contributed by atoms with van der Waals surface area (Å²) in [7, 11) is 0. The van der Waals surface area contributed by atoms with Gasteiger partial charge in [0.25, 0.3) is 5.82 Å². The van der Waals surface area contributed by atoms with Crippen molar-refractivity contribution in [3.63, 3.8) is 0 Å². The lowest BCUT2D eigenvalue weighted by molar-refractivity contribution is -0.146. The SMILES string of the molecule is CCCNC(Cc1nc(C(F)(F)F)no1)C(C)C. The van der Waals surface area contributed by atoms with Crippen molar-refractivity contribution in [2.75, 3.05) is 6.54 Å². The Labute approximate surface area is 104 Å². The molecular weight excluding hydrogens is 247 g/mol. The number of alkyl halides is 3. The quantitative estimate of drug-likeness (QED) is 0.859. The molecule has 0 saturated carbocycles. The molecule has 0 amide bonds. The minimum absolute atomic E-state index is 0.0182. The molecule has 0 aliphatic carbocycles. The standard InChI is InChI=1S/C11H18F3N3O/c1-4-5-15-8(7(2)3)6-9-16-10(17-18-9)11(12,13)14/h7-8,15H,4-6H2,1-3H3. The van der Waals surface area contributed by atoms with E-state index in [-0.39, 0.29) is 17.9 Å². The van der Waals surface area contributed by atoms with Crippen molar-refractivity contribution in [1.82, 2.24) is 15.5 Å². The highest BCUT2D eigenvalue weighted by Gasteiger charge is 2.37. The van der Waals surface area contributed by atoms with Gasteiger partial charge in [-0.3, -0.25) is 0 Å². The van der Waals surface area contributed by atoms with Crippen molar-refractivity contribution < 1.29 is 17.7 Å². The van der Waals surface area contributed by atoms with Gasteiger partial charge in [0.15, 0.2) is 0 Å². The number of aromatic nitrogens is 2. The van der Waals surface area contributed by atoms with Gasteiger partial charge in [-0.05, 0) is 18.9 Å². The van der Waals surface area contributed by atoms with E-state index in [1.165, 1.54) is 0 Å². The second-order valence-corrected chi connectivity index (χ2v) is 4.52. The summed E-state index contributed by atoms with van der Waals surface area (Å²) in [5, 5.41) is 6.20. The Morgan fingerprint density at radius 3 is 2.44 bits per heavy atom. The van der Waals surface area contributed by atoms with Crippen LogP contribution in [0.25, 0.3) is 0 Å². The topological polar surface area (TPSA) is 51.0 Å². The molecule has 0 fully saturated rings. The molecule has 0 spiro atoms. The highest BCUT2D eigenvalue weighted by Crippen LogP contribution is 2.26. The van der Waals surface area contributed by atoms with Crippen LogP contribution >= 0.6 is 0 Å². The highest BCUT2D eigenvalue weighted by atomic mass is 19.4. The van der Waals surface area contributed by atoms with Crippen molar-refractivity contribution in [2.24, 2.45) is 5.92 Å². The molecule has 0 bridgehead atoms. The zero-order chi connectivity index (χ0) is 13.8. The van der Waals surface area contributed by atoms with E-state index in [9.17, 15) is 13.2 Å². The molecule has 104 valence electrons. The fourth-order valence-electron chi connectivity index (χ4n) is 1.51. The molecule has 1 aromatic rings. The third-order valence-corrected chi connectivity index (χ3v) is 2.58. The van der Waals surface area contributed by atoms with Gasteiger partial charge < -0.3 is 9.84 Å². The van der Waals surface area contributed by atoms with Gasteiger partial charge >= 0.3 is 6.18 Å². The van der Waals surface area contributed by atoms with Crippen molar-refractivity contribution in [3.8, 4) is 0 Å². The first-order chi connectivity index (χ1) is 8.34. The van der Waals surface area contributed by atoms with Crippen molar-refractivity contribution in [3.05, 3.63) is 11.7 Å². The maximum absolute atomic E-state index is 12.3. The van der Waals surface area contributed by atoms with Crippen molar-refractivity contribution in [1.29, 1.82) is 0 Å². The second kappa shape index (κ2) is 6.17. The van der Waals surface area contributed by atoms with Crippen LogP contribution in [0, 0.1) is 5.92 Å². The molecule has 0 aromatic carbocycles. The summed E-state index contributed by atoms with van der Waals surface area (Å²) in [6.45, 7) is 6.82. The van der Waals surface area contributed by atoms with Gasteiger partial charge in [-0.25, -0.2) is 0 Å². The Kier molecular flexibility index (Phi) is 5.13. The van der Waals surface area contributed by atoms with Gasteiger partial charge in [0.05, 0.1) is 0 Å². The largest absolute Gasteiger partial charge is 0.455 e. The minimum Gasteiger partial charge on any atom is -0.339 e. The lowest BCUT2D eigenvalue weighted by atomic mass is 10.0. The number of hydrogen-bond acceptors (Lipinski definition) is 4. The molecule has 1 atom stereocenters. The first kappa shape index (κ1) is 14.9. The van der Waals surface area contributed by atoms with Gasteiger partial charge in [-0.15, -0.1) is 0 Å². The fourth-order valence-corrected chi connectivity index (χ4v) is 1.51. The van der Waals surface area contributed by atoms with Gasteiger partial charge in [0.2, 0.25) is 5.89 Å². The van der Waals surface area contributed by atoms with Gasteiger partial charge in [-0.2, -0.15) is 18.2 Å². The van der Waals surface area contributed by atoms with E-state index in [0.717, 1.165) is 13.0 Å². The Bertz CT molecular complexity index is 363. The van der Waals surface area contributed by atoms with Crippen LogP contribution in [0.15, 0.2) is 4.52 Å². The zero-order valence-electron chi connectivity index (χ0n) is 10.7. The number of nitrogens with one attached hydrogen (secondary N) is 1. The second-order valence-electron chi connectivity index (χ2n) is 4.52. The molecule has 1 aromatic heterocycles. The maximum Gasteiger partial charge on any atom is 0.455 e. The van der Waals surface area contributed by atoms with Crippen LogP contribution in [0.3, 0.4) is 0 Å². The lowest BCUT2D eigenvalue weighted by Crippen LogP contribution is -2.36. The first-order valence-corrected chi connectivity index (χ1v) is 5.97. The van der Waals surface area contributed by atoms with E-state index in [1.54, 1.807) is 0 Å². The average molecular weight is 265 g/mol. The molecular formula is C11H18F3N3O. The third kappa shape index (κ3) is 4.29. The van der Waals surface area contributed by atoms with Crippen LogP contribution < -0.4 is 5.32 Å². The summed E-state index contributed by atoms with van der Waals surface area (Å²) >= 11 is 0. The first-order valence-electron chi connectivity index (χ1n) is 5.97. The van der Waals surface area contributed by atoms with E-state index in [0.29, 0.717) is 6.42 Å². The Balaban J connectivity index is 2.66. The summed E-state index contributed by atoms with van der Waals surface area (Å²) in [6, 6.07) is 0.0338. The van der Waals surface area contributed by atoms with Crippen LogP contribution in [0.2, 0.25) is 0 Å². The van der Waals surface area contributed by atoms with Crippen LogP contribution in [-0.4, -0.2) is 22.7 Å². The summed E-state index contributed by atoms with van der Waals surface area (Å²) in [6.07, 6.45) is -3.28. The number of rotatable bonds is 6. The third-order valence-electron chi connectivity index (χ3n) is 2.58. The summed E-state index contributed by atoms with van der Waals surface area (Å²) in [4.78, 5) is 3.37. The Morgan fingerprint density at radius 1 is 1.33 bits per heavy atom. The Hall–Kier alpha value is -1.11. The molecule has 1 N–H and O–H groups in total. The van der Waals surface area contributed by atoms with E-state index < -0.39 is 12.0 Å². The molecule has 1 heterocycles. The van der Waals surface area contributed by atoms with Crippen molar-refractivity contribution >= 4 is 0 Å². The predicted octanol–water partition coefficient (Wildman–Crippen LogP) is 2.66. The summed E-state index contributed by atoms with van der Waals surface area (Å²) in [5.41, 5.74) is 0. The number of halogens is 3. The fraction of sp³-hybridized carbons (Fsp3) is 0.818. The smallest absolute Gasteiger partial charge is 0.339 e. The molecule has 1 unspecified atom stereocenters. The van der Waals surface area contributed by atoms with E-state index in [4.69, 9.17) is 0 Å². The van der Waals surface area contributed by atoms with E-state index in [2.05, 4.69) is 20.0 Å². The lowest BCUT2D eigenvalue weighted by Gasteiger charge is -2.20. The van der Waals surface area contributed by atoms with Gasteiger partial charge in [0, 0.05) is 12.5 Å². The average Bonchev–Trinajstić information content (AvgIpc) is 2.71. The molecule has 0 saturated heterocycles. The molecule has 0 aliphatic heterocycles. The minimum atomic E-state index is -4.55. The summed E-state index contributed by atoms with van der Waals surface area (Å²) in [5.74, 6) is -0.919. The molecule has 7 heteroatoms. The predicted molar refractivity (Wildman–Crippen MR) is 59.9 cm³/mol. The number of hydrogen-bond donors (Lipinski definition) is 1. The maximum atomic E-state index is 12.3. The van der Waals surface area contributed by atoms with Crippen LogP contribution in [0.1, 0.15) is 38.9 Å². The van der Waals surface area contributed by atoms with Crippen molar-refractivity contribution in [2.45, 2.75) is 45.8 Å². The van der Waals surface area contributed by atoms with Crippen LogP contribution in [0.4, 0.5) is 13.2 Å². The normalized spacial score (nSPS) is 14.2. The molecule has 4 nitrogen and oxygen atoms in total. The highest BCUT2D eigenvalue weighted by molar-refractivity contribution is 4.93. The van der Waals surface area contributed by atoms with Gasteiger partial charge in [0.1, 0.15) is 0 Å². The monoisotopic (exact) mass is 265 g/mol. The number of nitrogens with zero attached hydrogens (tertiary/aromatic N) is 2. The molecule has 1 rings (SSSR count).